The number of carboxylic acids is 1. The fraction of sp³-hybridized carbons (Fsp3) is 0.611. The number of likely N-dealkylation sites (tertiary alicyclic amines) is 1. The van der Waals surface area contributed by atoms with Gasteiger partial charge in [0.05, 0.1) is 19.6 Å². The van der Waals surface area contributed by atoms with Crippen molar-refractivity contribution in [3.8, 4) is 11.5 Å². The number of fused-ring (bicyclic) bond motifs is 1. The zero-order chi connectivity index (χ0) is 17.2. The molecule has 0 aromatic heterocycles. The lowest BCUT2D eigenvalue weighted by Crippen LogP contribution is -2.62. The molecule has 6 heteroatoms. The van der Waals surface area contributed by atoms with Crippen molar-refractivity contribution in [3.05, 3.63) is 23.8 Å². The third-order valence-corrected chi connectivity index (χ3v) is 5.34. The third-order valence-electron chi connectivity index (χ3n) is 5.34. The predicted molar refractivity (Wildman–Crippen MR) is 90.5 cm³/mol. The average molecular weight is 334 g/mol. The molecule has 24 heavy (non-hydrogen) atoms. The first-order valence-corrected chi connectivity index (χ1v) is 8.48. The number of rotatable bonds is 5. The number of piperidine rings is 2. The van der Waals surface area contributed by atoms with Crippen LogP contribution < -0.4 is 14.8 Å². The van der Waals surface area contributed by atoms with Crippen molar-refractivity contribution in [2.45, 2.75) is 31.8 Å². The fourth-order valence-corrected chi connectivity index (χ4v) is 4.08. The summed E-state index contributed by atoms with van der Waals surface area (Å²) in [6.45, 7) is 3.10. The van der Waals surface area contributed by atoms with Gasteiger partial charge in [-0.1, -0.05) is 0 Å². The quantitative estimate of drug-likeness (QED) is 0.855. The average Bonchev–Trinajstić information content (AvgIpc) is 2.61. The zero-order valence-corrected chi connectivity index (χ0v) is 14.4. The van der Waals surface area contributed by atoms with Crippen LogP contribution in [0, 0.1) is 5.41 Å². The summed E-state index contributed by atoms with van der Waals surface area (Å²) >= 11 is 0. The fourth-order valence-electron chi connectivity index (χ4n) is 4.08. The van der Waals surface area contributed by atoms with Crippen molar-refractivity contribution in [3.63, 3.8) is 0 Å². The molecule has 1 aromatic carbocycles. The van der Waals surface area contributed by atoms with E-state index < -0.39 is 11.4 Å². The van der Waals surface area contributed by atoms with Crippen LogP contribution in [0.3, 0.4) is 0 Å². The first-order chi connectivity index (χ1) is 11.6. The summed E-state index contributed by atoms with van der Waals surface area (Å²) in [6.07, 6.45) is 2.54. The van der Waals surface area contributed by atoms with Gasteiger partial charge in [0.15, 0.2) is 0 Å². The zero-order valence-electron chi connectivity index (χ0n) is 14.4. The lowest BCUT2D eigenvalue weighted by molar-refractivity contribution is -0.157. The molecular formula is C18H26N2O4. The molecule has 0 aliphatic carbocycles. The first-order valence-electron chi connectivity index (χ1n) is 8.48. The molecule has 132 valence electrons. The van der Waals surface area contributed by atoms with E-state index in [4.69, 9.17) is 9.47 Å². The van der Waals surface area contributed by atoms with Gasteiger partial charge >= 0.3 is 5.97 Å². The molecule has 0 unspecified atom stereocenters. The number of methoxy groups -OCH3 is 2. The van der Waals surface area contributed by atoms with Gasteiger partial charge in [-0.25, -0.2) is 0 Å². The second kappa shape index (κ2) is 6.99. The van der Waals surface area contributed by atoms with Gasteiger partial charge in [-0.05, 0) is 43.5 Å². The summed E-state index contributed by atoms with van der Waals surface area (Å²) < 4.78 is 10.7. The summed E-state index contributed by atoms with van der Waals surface area (Å²) in [5.74, 6) is 0.839. The number of hydrogen-bond acceptors (Lipinski definition) is 5. The molecule has 2 aliphatic heterocycles. The topological polar surface area (TPSA) is 71.0 Å². The van der Waals surface area contributed by atoms with Gasteiger partial charge in [-0.15, -0.1) is 0 Å². The van der Waals surface area contributed by atoms with Crippen molar-refractivity contribution in [2.24, 2.45) is 5.41 Å². The Balaban J connectivity index is 1.78. The molecule has 1 aromatic rings. The van der Waals surface area contributed by atoms with Crippen LogP contribution in [0.15, 0.2) is 18.2 Å². The Morgan fingerprint density at radius 2 is 2.04 bits per heavy atom. The maximum absolute atomic E-state index is 12.0. The van der Waals surface area contributed by atoms with Crippen LogP contribution in [-0.2, 0) is 11.3 Å². The summed E-state index contributed by atoms with van der Waals surface area (Å²) in [7, 11) is 3.27. The summed E-state index contributed by atoms with van der Waals surface area (Å²) in [5.41, 5.74) is 0.411. The largest absolute Gasteiger partial charge is 0.497 e. The Morgan fingerprint density at radius 3 is 2.67 bits per heavy atom. The van der Waals surface area contributed by atoms with Gasteiger partial charge in [0.25, 0.3) is 0 Å². The molecule has 3 rings (SSSR count). The molecule has 0 saturated carbocycles. The van der Waals surface area contributed by atoms with Crippen LogP contribution in [0.2, 0.25) is 0 Å². The first kappa shape index (κ1) is 17.0. The highest BCUT2D eigenvalue weighted by molar-refractivity contribution is 5.76. The number of nitrogens with zero attached hydrogens (tertiary/aromatic N) is 1. The predicted octanol–water partition coefficient (Wildman–Crippen LogP) is 1.73. The summed E-state index contributed by atoms with van der Waals surface area (Å²) in [6, 6.07) is 5.90. The molecule has 2 N–H and O–H groups in total. The maximum Gasteiger partial charge on any atom is 0.312 e. The van der Waals surface area contributed by atoms with E-state index in [1.165, 1.54) is 0 Å². The van der Waals surface area contributed by atoms with Crippen molar-refractivity contribution in [1.82, 2.24) is 10.2 Å². The second-order valence-corrected chi connectivity index (χ2v) is 6.79. The number of aliphatic carboxylic acids is 1. The molecule has 2 atom stereocenters. The number of benzene rings is 1. The van der Waals surface area contributed by atoms with Gasteiger partial charge in [0.2, 0.25) is 0 Å². The highest BCUT2D eigenvalue weighted by Gasteiger charge is 2.50. The number of ether oxygens (including phenoxy) is 2. The SMILES string of the molecule is COc1cc(CN2CC[C@@H]3NCCC[C@@]3(C(=O)O)C2)cc(OC)c1. The molecule has 2 saturated heterocycles. The van der Waals surface area contributed by atoms with E-state index in [9.17, 15) is 9.90 Å². The van der Waals surface area contributed by atoms with Crippen molar-refractivity contribution in [2.75, 3.05) is 33.9 Å². The molecule has 0 radical (unpaired) electrons. The maximum atomic E-state index is 12.0. The van der Waals surface area contributed by atoms with Crippen LogP contribution in [0.5, 0.6) is 11.5 Å². The van der Waals surface area contributed by atoms with E-state index in [2.05, 4.69) is 10.2 Å². The Hall–Kier alpha value is -1.79. The number of nitrogens with one attached hydrogen (secondary N) is 1. The molecule has 2 heterocycles. The summed E-state index contributed by atoms with van der Waals surface area (Å²) in [5, 5.41) is 13.3. The monoisotopic (exact) mass is 334 g/mol. The molecule has 6 nitrogen and oxygen atoms in total. The second-order valence-electron chi connectivity index (χ2n) is 6.79. The minimum atomic E-state index is -0.673. The minimum absolute atomic E-state index is 0.0832. The standard InChI is InChI=1S/C18H26N2O4/c1-23-14-8-13(9-15(10-14)24-2)11-20-7-4-16-18(12-20,17(21)22)5-3-6-19-16/h8-10,16,19H,3-7,11-12H2,1-2H3,(H,21,22)/t16-,18+/m0/s1. The molecule has 0 bridgehead atoms. The highest BCUT2D eigenvalue weighted by Crippen LogP contribution is 2.38. The van der Waals surface area contributed by atoms with E-state index in [-0.39, 0.29) is 6.04 Å². The lowest BCUT2D eigenvalue weighted by Gasteiger charge is -2.48. The smallest absolute Gasteiger partial charge is 0.312 e. The summed E-state index contributed by atoms with van der Waals surface area (Å²) in [4.78, 5) is 14.2. The molecule has 2 fully saturated rings. The van der Waals surface area contributed by atoms with Crippen LogP contribution in [-0.4, -0.2) is 55.9 Å². The van der Waals surface area contributed by atoms with Gasteiger partial charge in [-0.2, -0.15) is 0 Å². The van der Waals surface area contributed by atoms with Gasteiger partial charge in [-0.3, -0.25) is 9.69 Å². The number of carbonyl (C=O) groups is 1. The van der Waals surface area contributed by atoms with E-state index in [1.54, 1.807) is 14.2 Å². The Labute approximate surface area is 142 Å². The van der Waals surface area contributed by atoms with Gasteiger partial charge < -0.3 is 19.9 Å². The van der Waals surface area contributed by atoms with E-state index in [0.717, 1.165) is 49.4 Å². The Bertz CT molecular complexity index is 584. The third kappa shape index (κ3) is 3.21. The normalized spacial score (nSPS) is 27.3. The van der Waals surface area contributed by atoms with E-state index >= 15 is 0 Å². The Morgan fingerprint density at radius 1 is 1.33 bits per heavy atom. The van der Waals surface area contributed by atoms with Gasteiger partial charge in [0.1, 0.15) is 11.5 Å². The van der Waals surface area contributed by atoms with Crippen LogP contribution >= 0.6 is 0 Å². The number of carboxylic acid groups (broad SMARTS) is 1. The molecular weight excluding hydrogens is 308 g/mol. The van der Waals surface area contributed by atoms with Crippen molar-refractivity contribution >= 4 is 5.97 Å². The molecule has 0 spiro atoms. The van der Waals surface area contributed by atoms with Crippen molar-refractivity contribution < 1.29 is 19.4 Å². The number of hydrogen-bond donors (Lipinski definition) is 2. The Kier molecular flexibility index (Phi) is 4.96. The van der Waals surface area contributed by atoms with Crippen LogP contribution in [0.25, 0.3) is 0 Å². The molecule has 0 amide bonds. The minimum Gasteiger partial charge on any atom is -0.497 e. The van der Waals surface area contributed by atoms with Gasteiger partial charge in [0, 0.05) is 31.7 Å². The lowest BCUT2D eigenvalue weighted by atomic mass is 9.70. The van der Waals surface area contributed by atoms with E-state index in [1.807, 2.05) is 18.2 Å². The van der Waals surface area contributed by atoms with Crippen LogP contribution in [0.4, 0.5) is 0 Å². The van der Waals surface area contributed by atoms with E-state index in [0.29, 0.717) is 13.1 Å². The molecule has 2 aliphatic rings. The van der Waals surface area contributed by atoms with Crippen LogP contribution in [0.1, 0.15) is 24.8 Å². The highest BCUT2D eigenvalue weighted by atomic mass is 16.5. The van der Waals surface area contributed by atoms with Crippen molar-refractivity contribution in [1.29, 1.82) is 0 Å².